The third kappa shape index (κ3) is 4.71. The van der Waals surface area contributed by atoms with Crippen LogP contribution in [0.5, 0.6) is 0 Å². The molecule has 0 aliphatic carbocycles. The van der Waals surface area contributed by atoms with E-state index in [-0.39, 0.29) is 17.7 Å². The fourth-order valence-electron chi connectivity index (χ4n) is 2.00. The van der Waals surface area contributed by atoms with Crippen molar-refractivity contribution in [1.82, 2.24) is 0 Å². The second-order valence-electron chi connectivity index (χ2n) is 5.22. The van der Waals surface area contributed by atoms with E-state index in [1.807, 2.05) is 0 Å². The molecule has 0 nitrogen and oxygen atoms in total. The summed E-state index contributed by atoms with van der Waals surface area (Å²) in [5, 5.41) is 0. The average Bonchev–Trinajstić information content (AvgIpc) is 2.52. The Morgan fingerprint density at radius 3 is 1.80 bits per heavy atom. The first kappa shape index (κ1) is 18.8. The summed E-state index contributed by atoms with van der Waals surface area (Å²) in [4.78, 5) is 0. The molecule has 0 saturated heterocycles. The van der Waals surface area contributed by atoms with E-state index in [1.165, 1.54) is 24.3 Å². The first-order chi connectivity index (χ1) is 11.6. The molecule has 0 heterocycles. The molecule has 7 heteroatoms. The minimum Gasteiger partial charge on any atom is -0.206 e. The molecule has 132 valence electrons. The van der Waals surface area contributed by atoms with Gasteiger partial charge in [0.05, 0.1) is 0 Å². The molecule has 0 aliphatic heterocycles. The van der Waals surface area contributed by atoms with Crippen LogP contribution in [-0.4, -0.2) is 6.18 Å². The Morgan fingerprint density at radius 2 is 1.32 bits per heavy atom. The van der Waals surface area contributed by atoms with Crippen molar-refractivity contribution in [2.45, 2.75) is 13.1 Å². The van der Waals surface area contributed by atoms with Crippen LogP contribution in [0.25, 0.3) is 17.7 Å². The van der Waals surface area contributed by atoms with Gasteiger partial charge in [-0.15, -0.1) is 0 Å². The largest absolute Gasteiger partial charge is 0.409 e. The first-order valence-corrected chi connectivity index (χ1v) is 6.96. The maximum atomic E-state index is 14.2. The maximum Gasteiger partial charge on any atom is 0.409 e. The Labute approximate surface area is 138 Å². The summed E-state index contributed by atoms with van der Waals surface area (Å²) >= 11 is 0. The van der Waals surface area contributed by atoms with Gasteiger partial charge in [0.2, 0.25) is 0 Å². The quantitative estimate of drug-likeness (QED) is 0.427. The molecular weight excluding hydrogens is 349 g/mol. The number of halogens is 7. The second-order valence-corrected chi connectivity index (χ2v) is 5.22. The van der Waals surface area contributed by atoms with Crippen LogP contribution >= 0.6 is 0 Å². The van der Waals surface area contributed by atoms with Gasteiger partial charge in [0, 0.05) is 22.8 Å². The van der Waals surface area contributed by atoms with Crippen molar-refractivity contribution in [1.29, 1.82) is 0 Å². The Morgan fingerprint density at radius 1 is 0.840 bits per heavy atom. The van der Waals surface area contributed by atoms with Crippen LogP contribution in [0.4, 0.5) is 30.7 Å². The highest BCUT2D eigenvalue weighted by Gasteiger charge is 2.23. The molecular formula is C18H11F7. The van der Waals surface area contributed by atoms with Crippen LogP contribution in [-0.2, 0) is 0 Å². The highest BCUT2D eigenvalue weighted by atomic mass is 19.4. The Kier molecular flexibility index (Phi) is 5.35. The summed E-state index contributed by atoms with van der Waals surface area (Å²) in [6, 6.07) is 6.49. The molecule has 2 rings (SSSR count). The van der Waals surface area contributed by atoms with Gasteiger partial charge in [-0.05, 0) is 25.1 Å². The zero-order valence-electron chi connectivity index (χ0n) is 12.8. The summed E-state index contributed by atoms with van der Waals surface area (Å²) < 4.78 is 92.1. The predicted molar refractivity (Wildman–Crippen MR) is 81.7 cm³/mol. The Bertz CT molecular complexity index is 804. The van der Waals surface area contributed by atoms with Gasteiger partial charge in [0.25, 0.3) is 0 Å². The van der Waals surface area contributed by atoms with Crippen LogP contribution in [0, 0.1) is 18.6 Å². The van der Waals surface area contributed by atoms with Gasteiger partial charge in [-0.25, -0.2) is 17.6 Å². The average molecular weight is 360 g/mol. The molecule has 0 amide bonds. The van der Waals surface area contributed by atoms with Crippen molar-refractivity contribution in [3.05, 3.63) is 76.4 Å². The lowest BCUT2D eigenvalue weighted by Crippen LogP contribution is -2.01. The van der Waals surface area contributed by atoms with Gasteiger partial charge >= 0.3 is 6.18 Å². The Balaban J connectivity index is 2.45. The van der Waals surface area contributed by atoms with Crippen molar-refractivity contribution in [2.24, 2.45) is 0 Å². The fourth-order valence-corrected chi connectivity index (χ4v) is 2.00. The van der Waals surface area contributed by atoms with Crippen LogP contribution in [0.15, 0.2) is 42.5 Å². The van der Waals surface area contributed by atoms with E-state index in [2.05, 4.69) is 0 Å². The summed E-state index contributed by atoms with van der Waals surface area (Å²) in [7, 11) is 0. The number of allylic oxidation sites excluding steroid dienone is 1. The maximum absolute atomic E-state index is 14.2. The van der Waals surface area contributed by atoms with E-state index in [0.29, 0.717) is 12.1 Å². The summed E-state index contributed by atoms with van der Waals surface area (Å²) in [6.45, 7) is 1.74. The van der Waals surface area contributed by atoms with E-state index < -0.39 is 40.6 Å². The highest BCUT2D eigenvalue weighted by molar-refractivity contribution is 5.83. The number of benzene rings is 2. The van der Waals surface area contributed by atoms with E-state index in [1.54, 1.807) is 6.92 Å². The van der Waals surface area contributed by atoms with Crippen molar-refractivity contribution in [3.8, 4) is 0 Å². The van der Waals surface area contributed by atoms with Gasteiger partial charge in [0.1, 0.15) is 11.6 Å². The molecule has 0 N–H and O–H groups in total. The number of alkyl halides is 3. The van der Waals surface area contributed by atoms with Crippen molar-refractivity contribution < 1.29 is 30.7 Å². The SMILES string of the molecule is Cc1ccc(/C(F)=C(\F)c2cc(F)c(/C=C/C(F)(F)F)c(F)c2)cc1. The van der Waals surface area contributed by atoms with Gasteiger partial charge < -0.3 is 0 Å². The number of aryl methyl sites for hydroxylation is 1. The van der Waals surface area contributed by atoms with Crippen molar-refractivity contribution >= 4 is 17.7 Å². The lowest BCUT2D eigenvalue weighted by Gasteiger charge is -2.06. The monoisotopic (exact) mass is 360 g/mol. The second kappa shape index (κ2) is 7.13. The summed E-state index contributed by atoms with van der Waals surface area (Å²) in [5.41, 5.74) is -1.08. The minimum atomic E-state index is -4.76. The molecule has 0 fully saturated rings. The van der Waals surface area contributed by atoms with E-state index in [4.69, 9.17) is 0 Å². The Hall–Kier alpha value is -2.57. The van der Waals surface area contributed by atoms with Crippen LogP contribution in [0.1, 0.15) is 22.3 Å². The molecule has 0 unspecified atom stereocenters. The van der Waals surface area contributed by atoms with E-state index in [0.717, 1.165) is 5.56 Å². The molecule has 2 aromatic carbocycles. The zero-order chi connectivity index (χ0) is 18.8. The number of hydrogen-bond acceptors (Lipinski definition) is 0. The van der Waals surface area contributed by atoms with Crippen LogP contribution in [0.3, 0.4) is 0 Å². The van der Waals surface area contributed by atoms with Gasteiger partial charge in [-0.3, -0.25) is 0 Å². The van der Waals surface area contributed by atoms with Crippen molar-refractivity contribution in [2.75, 3.05) is 0 Å². The van der Waals surface area contributed by atoms with E-state index >= 15 is 0 Å². The van der Waals surface area contributed by atoms with Gasteiger partial charge in [0.15, 0.2) is 11.7 Å². The number of rotatable bonds is 3. The minimum absolute atomic E-state index is 0.134. The molecule has 25 heavy (non-hydrogen) atoms. The lowest BCUT2D eigenvalue weighted by atomic mass is 10.1. The first-order valence-electron chi connectivity index (χ1n) is 6.96. The molecule has 0 bridgehead atoms. The molecule has 2 aromatic rings. The molecule has 0 aromatic heterocycles. The van der Waals surface area contributed by atoms with Crippen molar-refractivity contribution in [3.63, 3.8) is 0 Å². The van der Waals surface area contributed by atoms with Crippen LogP contribution < -0.4 is 0 Å². The topological polar surface area (TPSA) is 0 Å². The summed E-state index contributed by atoms with van der Waals surface area (Å²) in [6.07, 6.45) is -4.93. The van der Waals surface area contributed by atoms with E-state index in [9.17, 15) is 30.7 Å². The standard InChI is InChI=1S/C18H11F7/c1-10-2-4-11(5-3-10)16(21)17(22)12-8-14(19)13(15(20)9-12)6-7-18(23,24)25/h2-9H,1H3/b7-6+,17-16+. The molecule has 0 atom stereocenters. The lowest BCUT2D eigenvalue weighted by molar-refractivity contribution is -0.0790. The predicted octanol–water partition coefficient (Wildman–Crippen LogP) is 6.61. The van der Waals surface area contributed by atoms with Gasteiger partial charge in [-0.1, -0.05) is 29.8 Å². The highest BCUT2D eigenvalue weighted by Crippen LogP contribution is 2.31. The van der Waals surface area contributed by atoms with Crippen LogP contribution in [0.2, 0.25) is 0 Å². The third-order valence-electron chi connectivity index (χ3n) is 3.27. The zero-order valence-corrected chi connectivity index (χ0v) is 12.8. The molecule has 0 spiro atoms. The molecule has 0 radical (unpaired) electrons. The summed E-state index contributed by atoms with van der Waals surface area (Å²) in [5.74, 6) is -5.74. The fraction of sp³-hybridized carbons (Fsp3) is 0.111. The number of hydrogen-bond donors (Lipinski definition) is 0. The normalized spacial score (nSPS) is 13.3. The molecule has 0 aliphatic rings. The third-order valence-corrected chi connectivity index (χ3v) is 3.27. The molecule has 0 saturated carbocycles. The van der Waals surface area contributed by atoms with Gasteiger partial charge in [-0.2, -0.15) is 13.2 Å². The smallest absolute Gasteiger partial charge is 0.206 e.